The van der Waals surface area contributed by atoms with Crippen LogP contribution in [0.25, 0.3) is 0 Å². The van der Waals surface area contributed by atoms with Crippen LogP contribution < -0.4 is 10.1 Å². The molecule has 0 atom stereocenters. The summed E-state index contributed by atoms with van der Waals surface area (Å²) in [7, 11) is 0. The van der Waals surface area contributed by atoms with Crippen molar-refractivity contribution in [3.63, 3.8) is 0 Å². The Morgan fingerprint density at radius 3 is 2.94 bits per heavy atom. The Morgan fingerprint density at radius 1 is 1.28 bits per heavy atom. The Kier molecular flexibility index (Phi) is 2.72. The van der Waals surface area contributed by atoms with E-state index in [0.717, 1.165) is 30.5 Å². The summed E-state index contributed by atoms with van der Waals surface area (Å²) in [6.45, 7) is 0. The number of hydrogen-bond acceptors (Lipinski definition) is 3. The van der Waals surface area contributed by atoms with Gasteiger partial charge >= 0.3 is 6.09 Å². The van der Waals surface area contributed by atoms with Crippen molar-refractivity contribution in [1.82, 2.24) is 10.2 Å². The number of carbonyl (C=O) groups excluding carboxylic acids is 1. The van der Waals surface area contributed by atoms with Gasteiger partial charge in [0.05, 0.1) is 0 Å². The van der Waals surface area contributed by atoms with Gasteiger partial charge in [-0.1, -0.05) is 18.2 Å². The molecule has 2 aromatic rings. The summed E-state index contributed by atoms with van der Waals surface area (Å²) in [4.78, 5) is 11.7. The molecule has 3 rings (SSSR count). The van der Waals surface area contributed by atoms with Crippen LogP contribution in [0.3, 0.4) is 0 Å². The molecule has 18 heavy (non-hydrogen) atoms. The summed E-state index contributed by atoms with van der Waals surface area (Å²) in [6, 6.07) is 8.96. The highest BCUT2D eigenvalue weighted by atomic mass is 16.6. The molecule has 0 spiro atoms. The van der Waals surface area contributed by atoms with E-state index in [-0.39, 0.29) is 0 Å². The van der Waals surface area contributed by atoms with E-state index in [1.807, 2.05) is 18.2 Å². The first-order valence-electron chi connectivity index (χ1n) is 5.93. The van der Waals surface area contributed by atoms with Crippen molar-refractivity contribution in [2.75, 3.05) is 5.32 Å². The normalized spacial score (nSPS) is 13.1. The van der Waals surface area contributed by atoms with Crippen molar-refractivity contribution >= 4 is 11.9 Å². The summed E-state index contributed by atoms with van der Waals surface area (Å²) in [5, 5.41) is 9.68. The van der Waals surface area contributed by atoms with Gasteiger partial charge in [0.15, 0.2) is 5.82 Å². The van der Waals surface area contributed by atoms with E-state index in [1.54, 1.807) is 12.1 Å². The summed E-state index contributed by atoms with van der Waals surface area (Å²) in [6.07, 6.45) is 2.54. The number of ether oxygens (including phenoxy) is 1. The molecule has 0 radical (unpaired) electrons. The highest BCUT2D eigenvalue weighted by Gasteiger charge is 2.20. The molecule has 1 heterocycles. The quantitative estimate of drug-likeness (QED) is 0.851. The van der Waals surface area contributed by atoms with E-state index in [0.29, 0.717) is 11.6 Å². The summed E-state index contributed by atoms with van der Waals surface area (Å²) in [5.41, 5.74) is 2.21. The number of para-hydroxylation sites is 1. The zero-order chi connectivity index (χ0) is 12.4. The Hall–Kier alpha value is -2.30. The second-order valence-corrected chi connectivity index (χ2v) is 4.21. The van der Waals surface area contributed by atoms with E-state index in [9.17, 15) is 4.79 Å². The zero-order valence-electron chi connectivity index (χ0n) is 9.77. The smallest absolute Gasteiger partial charge is 0.410 e. The van der Waals surface area contributed by atoms with Gasteiger partial charge in [0.25, 0.3) is 0 Å². The highest BCUT2D eigenvalue weighted by molar-refractivity contribution is 5.86. The van der Waals surface area contributed by atoms with Gasteiger partial charge in [-0.25, -0.2) is 4.79 Å². The number of nitrogens with one attached hydrogen (secondary N) is 2. The molecule has 92 valence electrons. The standard InChI is InChI=1S/C13H13N3O2/c17-13(18-9-5-2-1-3-6-9)14-12-10-7-4-8-11(10)15-16-12/h1-3,5-6H,4,7-8H2,(H2,14,15,16,17). The first-order valence-corrected chi connectivity index (χ1v) is 5.93. The van der Waals surface area contributed by atoms with Gasteiger partial charge in [0, 0.05) is 11.3 Å². The van der Waals surface area contributed by atoms with Crippen LogP contribution in [0.15, 0.2) is 30.3 Å². The number of nitrogens with zero attached hydrogens (tertiary/aromatic N) is 1. The Balaban J connectivity index is 1.68. The largest absolute Gasteiger partial charge is 0.418 e. The molecular formula is C13H13N3O2. The lowest BCUT2D eigenvalue weighted by molar-refractivity contribution is 0.215. The van der Waals surface area contributed by atoms with Crippen LogP contribution in [0.2, 0.25) is 0 Å². The van der Waals surface area contributed by atoms with E-state index in [4.69, 9.17) is 4.74 Å². The van der Waals surface area contributed by atoms with Gasteiger partial charge in [-0.15, -0.1) is 0 Å². The molecule has 0 saturated carbocycles. The van der Waals surface area contributed by atoms with Crippen molar-refractivity contribution in [2.45, 2.75) is 19.3 Å². The first kappa shape index (κ1) is 10.8. The fourth-order valence-electron chi connectivity index (χ4n) is 2.14. The van der Waals surface area contributed by atoms with Crippen molar-refractivity contribution in [3.05, 3.63) is 41.6 Å². The second-order valence-electron chi connectivity index (χ2n) is 4.21. The lowest BCUT2D eigenvalue weighted by Crippen LogP contribution is -2.17. The number of hydrogen-bond donors (Lipinski definition) is 2. The molecule has 1 aromatic carbocycles. The number of aryl methyl sites for hydroxylation is 1. The summed E-state index contributed by atoms with van der Waals surface area (Å²) < 4.78 is 5.14. The molecule has 0 aliphatic heterocycles. The molecular weight excluding hydrogens is 230 g/mol. The van der Waals surface area contributed by atoms with Crippen LogP contribution >= 0.6 is 0 Å². The summed E-state index contributed by atoms with van der Waals surface area (Å²) >= 11 is 0. The molecule has 0 fully saturated rings. The molecule has 0 bridgehead atoms. The van der Waals surface area contributed by atoms with Crippen LogP contribution in [0.1, 0.15) is 17.7 Å². The van der Waals surface area contributed by atoms with Gasteiger partial charge in [-0.2, -0.15) is 5.10 Å². The predicted octanol–water partition coefficient (Wildman–Crippen LogP) is 2.51. The van der Waals surface area contributed by atoms with Gasteiger partial charge in [0.1, 0.15) is 5.75 Å². The number of benzene rings is 1. The zero-order valence-corrected chi connectivity index (χ0v) is 9.77. The van der Waals surface area contributed by atoms with Crippen LogP contribution in [-0.2, 0) is 12.8 Å². The molecule has 1 aliphatic rings. The van der Waals surface area contributed by atoms with Crippen LogP contribution in [-0.4, -0.2) is 16.3 Å². The predicted molar refractivity (Wildman–Crippen MR) is 66.7 cm³/mol. The maximum absolute atomic E-state index is 11.7. The number of aromatic nitrogens is 2. The van der Waals surface area contributed by atoms with Crippen molar-refractivity contribution < 1.29 is 9.53 Å². The van der Waals surface area contributed by atoms with Gasteiger partial charge in [-0.05, 0) is 31.4 Å². The summed E-state index contributed by atoms with van der Waals surface area (Å²) in [5.74, 6) is 1.10. The van der Waals surface area contributed by atoms with Crippen LogP contribution in [0.5, 0.6) is 5.75 Å². The van der Waals surface area contributed by atoms with E-state index in [1.165, 1.54) is 0 Å². The number of rotatable bonds is 2. The molecule has 5 nitrogen and oxygen atoms in total. The van der Waals surface area contributed by atoms with Crippen molar-refractivity contribution in [3.8, 4) is 5.75 Å². The molecule has 1 aliphatic carbocycles. The minimum absolute atomic E-state index is 0.512. The fourth-order valence-corrected chi connectivity index (χ4v) is 2.14. The number of H-pyrrole nitrogens is 1. The van der Waals surface area contributed by atoms with Crippen molar-refractivity contribution in [2.24, 2.45) is 0 Å². The molecule has 2 N–H and O–H groups in total. The minimum Gasteiger partial charge on any atom is -0.410 e. The van der Waals surface area contributed by atoms with Gasteiger partial charge in [0.2, 0.25) is 0 Å². The third kappa shape index (κ3) is 2.07. The number of amides is 1. The lowest BCUT2D eigenvalue weighted by atomic mass is 10.2. The number of aromatic amines is 1. The number of anilines is 1. The average Bonchev–Trinajstić information content (AvgIpc) is 2.95. The maximum Gasteiger partial charge on any atom is 0.418 e. The highest BCUT2D eigenvalue weighted by Crippen LogP contribution is 2.26. The second kappa shape index (κ2) is 4.52. The third-order valence-electron chi connectivity index (χ3n) is 2.98. The third-order valence-corrected chi connectivity index (χ3v) is 2.98. The van der Waals surface area contributed by atoms with E-state index >= 15 is 0 Å². The molecule has 1 aromatic heterocycles. The number of carbonyl (C=O) groups is 1. The minimum atomic E-state index is -0.512. The Bertz CT molecular complexity index is 563. The van der Waals surface area contributed by atoms with Gasteiger partial charge < -0.3 is 4.74 Å². The molecule has 0 unspecified atom stereocenters. The first-order chi connectivity index (χ1) is 8.83. The molecule has 0 saturated heterocycles. The lowest BCUT2D eigenvalue weighted by Gasteiger charge is -2.05. The fraction of sp³-hybridized carbons (Fsp3) is 0.231. The van der Waals surface area contributed by atoms with Crippen LogP contribution in [0, 0.1) is 0 Å². The van der Waals surface area contributed by atoms with Crippen LogP contribution in [0.4, 0.5) is 10.6 Å². The van der Waals surface area contributed by atoms with Gasteiger partial charge in [-0.3, -0.25) is 10.4 Å². The van der Waals surface area contributed by atoms with E-state index in [2.05, 4.69) is 15.5 Å². The van der Waals surface area contributed by atoms with Crippen molar-refractivity contribution in [1.29, 1.82) is 0 Å². The Morgan fingerprint density at radius 2 is 2.11 bits per heavy atom. The average molecular weight is 243 g/mol. The maximum atomic E-state index is 11.7. The number of fused-ring (bicyclic) bond motifs is 1. The monoisotopic (exact) mass is 243 g/mol. The topological polar surface area (TPSA) is 67.0 Å². The molecule has 5 heteroatoms. The molecule has 1 amide bonds. The van der Waals surface area contributed by atoms with E-state index < -0.39 is 6.09 Å². The SMILES string of the molecule is O=C(Nc1n[nH]c2c1CCC2)Oc1ccccc1. The Labute approximate surface area is 104 Å².